The number of likely N-dealkylation sites (tertiary alicyclic amines) is 1. The van der Waals surface area contributed by atoms with Crippen molar-refractivity contribution in [3.63, 3.8) is 0 Å². The van der Waals surface area contributed by atoms with Crippen LogP contribution >= 0.6 is 0 Å². The summed E-state index contributed by atoms with van der Waals surface area (Å²) in [6, 6.07) is -0.244. The highest BCUT2D eigenvalue weighted by Crippen LogP contribution is 2.09. The van der Waals surface area contributed by atoms with Crippen molar-refractivity contribution < 1.29 is 14.6 Å². The lowest BCUT2D eigenvalue weighted by Crippen LogP contribution is -2.48. The number of carbonyl (C=O) groups excluding carboxylic acids is 1. The van der Waals surface area contributed by atoms with Crippen molar-refractivity contribution in [3.8, 4) is 0 Å². The van der Waals surface area contributed by atoms with Gasteiger partial charge in [0.25, 0.3) is 0 Å². The Balaban J connectivity index is 2.21. The topological polar surface area (TPSA) is 61.8 Å². The molecule has 5 nitrogen and oxygen atoms in total. The average molecular weight is 272 g/mol. The van der Waals surface area contributed by atoms with Gasteiger partial charge in [-0.3, -0.25) is 4.79 Å². The Kier molecular flexibility index (Phi) is 7.34. The molecule has 0 aliphatic carbocycles. The second kappa shape index (κ2) is 8.51. The van der Waals surface area contributed by atoms with Gasteiger partial charge < -0.3 is 20.1 Å². The summed E-state index contributed by atoms with van der Waals surface area (Å²) in [5.41, 5.74) is 0. The number of aliphatic hydroxyl groups excluding tert-OH is 1. The Morgan fingerprint density at radius 2 is 1.89 bits per heavy atom. The van der Waals surface area contributed by atoms with E-state index < -0.39 is 6.10 Å². The van der Waals surface area contributed by atoms with Crippen LogP contribution in [0.1, 0.15) is 40.0 Å². The van der Waals surface area contributed by atoms with Gasteiger partial charge in [-0.15, -0.1) is 0 Å². The van der Waals surface area contributed by atoms with Crippen molar-refractivity contribution in [1.29, 1.82) is 0 Å². The van der Waals surface area contributed by atoms with Crippen LogP contribution in [0.25, 0.3) is 0 Å². The highest BCUT2D eigenvalue weighted by Gasteiger charge is 2.22. The lowest BCUT2D eigenvalue weighted by Gasteiger charge is -2.29. The summed E-state index contributed by atoms with van der Waals surface area (Å²) >= 11 is 0. The number of rotatable bonds is 7. The van der Waals surface area contributed by atoms with E-state index in [4.69, 9.17) is 4.74 Å². The molecule has 0 radical (unpaired) electrons. The quantitative estimate of drug-likeness (QED) is 0.718. The molecule has 2 N–H and O–H groups in total. The van der Waals surface area contributed by atoms with Gasteiger partial charge in [-0.1, -0.05) is 0 Å². The summed E-state index contributed by atoms with van der Waals surface area (Å²) in [6.45, 7) is 8.13. The van der Waals surface area contributed by atoms with Gasteiger partial charge in [-0.05, 0) is 40.0 Å². The molecule has 2 atom stereocenters. The zero-order chi connectivity index (χ0) is 14.3. The fourth-order valence-corrected chi connectivity index (χ4v) is 2.15. The second-order valence-corrected chi connectivity index (χ2v) is 5.55. The van der Waals surface area contributed by atoms with Crippen molar-refractivity contribution in [3.05, 3.63) is 0 Å². The van der Waals surface area contributed by atoms with Crippen molar-refractivity contribution in [2.75, 3.05) is 26.2 Å². The normalized spacial score (nSPS) is 19.5. The van der Waals surface area contributed by atoms with Crippen molar-refractivity contribution in [1.82, 2.24) is 10.2 Å². The molecule has 1 saturated heterocycles. The fraction of sp³-hybridized carbons (Fsp3) is 0.929. The lowest BCUT2D eigenvalue weighted by molar-refractivity contribution is -0.134. The summed E-state index contributed by atoms with van der Waals surface area (Å²) in [4.78, 5) is 14.0. The minimum absolute atomic E-state index is 0.113. The second-order valence-electron chi connectivity index (χ2n) is 5.55. The fourth-order valence-electron chi connectivity index (χ4n) is 2.15. The number of hydrogen-bond donors (Lipinski definition) is 2. The van der Waals surface area contributed by atoms with Crippen LogP contribution in [-0.4, -0.2) is 60.4 Å². The highest BCUT2D eigenvalue weighted by atomic mass is 16.5. The van der Waals surface area contributed by atoms with Crippen LogP contribution in [0.5, 0.6) is 0 Å². The number of nitrogens with zero attached hydrogens (tertiary/aromatic N) is 1. The molecule has 5 heteroatoms. The molecular weight excluding hydrogens is 244 g/mol. The molecule has 0 aromatic rings. The van der Waals surface area contributed by atoms with E-state index in [2.05, 4.69) is 5.32 Å². The van der Waals surface area contributed by atoms with Gasteiger partial charge in [-0.2, -0.15) is 0 Å². The van der Waals surface area contributed by atoms with Crippen LogP contribution in [0, 0.1) is 0 Å². The SMILES string of the molecule is CC(C)OCC(O)CNC(C)C(=O)N1CCCCC1. The molecule has 1 aliphatic heterocycles. The Morgan fingerprint density at radius 1 is 1.26 bits per heavy atom. The minimum atomic E-state index is -0.570. The number of hydrogen-bond acceptors (Lipinski definition) is 4. The van der Waals surface area contributed by atoms with Crippen molar-refractivity contribution in [2.45, 2.75) is 58.3 Å². The molecule has 1 aliphatic rings. The van der Waals surface area contributed by atoms with Crippen LogP contribution < -0.4 is 5.32 Å². The van der Waals surface area contributed by atoms with Crippen LogP contribution in [0.4, 0.5) is 0 Å². The van der Waals surface area contributed by atoms with E-state index in [9.17, 15) is 9.90 Å². The van der Waals surface area contributed by atoms with Crippen molar-refractivity contribution >= 4 is 5.91 Å². The summed E-state index contributed by atoms with van der Waals surface area (Å²) < 4.78 is 5.33. The first kappa shape index (κ1) is 16.4. The molecule has 2 unspecified atom stereocenters. The molecule has 0 spiro atoms. The van der Waals surface area contributed by atoms with Crippen LogP contribution in [0.2, 0.25) is 0 Å². The largest absolute Gasteiger partial charge is 0.389 e. The monoisotopic (exact) mass is 272 g/mol. The number of nitrogens with one attached hydrogen (secondary N) is 1. The molecule has 1 fully saturated rings. The highest BCUT2D eigenvalue weighted by molar-refractivity contribution is 5.81. The van der Waals surface area contributed by atoms with E-state index in [1.165, 1.54) is 6.42 Å². The van der Waals surface area contributed by atoms with Gasteiger partial charge in [-0.25, -0.2) is 0 Å². The Labute approximate surface area is 116 Å². The number of piperidine rings is 1. The van der Waals surface area contributed by atoms with E-state index in [0.717, 1.165) is 25.9 Å². The number of carbonyl (C=O) groups is 1. The van der Waals surface area contributed by atoms with Gasteiger partial charge in [0.05, 0.1) is 24.9 Å². The smallest absolute Gasteiger partial charge is 0.239 e. The zero-order valence-corrected chi connectivity index (χ0v) is 12.4. The van der Waals surface area contributed by atoms with Crippen LogP contribution in [0.3, 0.4) is 0 Å². The Morgan fingerprint density at radius 3 is 2.47 bits per heavy atom. The molecule has 112 valence electrons. The molecule has 1 heterocycles. The first-order valence-electron chi connectivity index (χ1n) is 7.32. The third kappa shape index (κ3) is 6.36. The zero-order valence-electron chi connectivity index (χ0n) is 12.4. The average Bonchev–Trinajstić information content (AvgIpc) is 2.42. The Hall–Kier alpha value is -0.650. The van der Waals surface area contributed by atoms with Crippen LogP contribution in [-0.2, 0) is 9.53 Å². The predicted octanol–water partition coefficient (Wildman–Crippen LogP) is 0.763. The molecule has 0 saturated carbocycles. The minimum Gasteiger partial charge on any atom is -0.389 e. The van der Waals surface area contributed by atoms with Crippen LogP contribution in [0.15, 0.2) is 0 Å². The third-order valence-corrected chi connectivity index (χ3v) is 3.32. The summed E-state index contributed by atoms with van der Waals surface area (Å²) in [5.74, 6) is 0.136. The number of amides is 1. The molecule has 0 aromatic heterocycles. The standard InChI is InChI=1S/C14H28N2O3/c1-11(2)19-10-13(17)9-15-12(3)14(18)16-7-5-4-6-8-16/h11-13,15,17H,4-10H2,1-3H3. The maximum Gasteiger partial charge on any atom is 0.239 e. The maximum atomic E-state index is 12.1. The first-order valence-corrected chi connectivity index (χ1v) is 7.32. The van der Waals surface area contributed by atoms with Crippen molar-refractivity contribution in [2.24, 2.45) is 0 Å². The van der Waals surface area contributed by atoms with E-state index >= 15 is 0 Å². The lowest BCUT2D eigenvalue weighted by atomic mass is 10.1. The van der Waals surface area contributed by atoms with Gasteiger partial charge in [0.1, 0.15) is 0 Å². The van der Waals surface area contributed by atoms with E-state index in [-0.39, 0.29) is 18.1 Å². The molecule has 1 amide bonds. The predicted molar refractivity (Wildman–Crippen MR) is 75.0 cm³/mol. The summed E-state index contributed by atoms with van der Waals surface area (Å²) in [7, 11) is 0. The third-order valence-electron chi connectivity index (χ3n) is 3.32. The van der Waals surface area contributed by atoms with Gasteiger partial charge in [0.15, 0.2) is 0 Å². The molecule has 19 heavy (non-hydrogen) atoms. The number of ether oxygens (including phenoxy) is 1. The van der Waals surface area contributed by atoms with E-state index in [1.807, 2.05) is 25.7 Å². The van der Waals surface area contributed by atoms with E-state index in [1.54, 1.807) is 0 Å². The first-order chi connectivity index (χ1) is 9.00. The van der Waals surface area contributed by atoms with Gasteiger partial charge >= 0.3 is 0 Å². The molecular formula is C14H28N2O3. The summed E-state index contributed by atoms with van der Waals surface area (Å²) in [5, 5.41) is 12.8. The molecule has 1 rings (SSSR count). The van der Waals surface area contributed by atoms with Gasteiger partial charge in [0, 0.05) is 19.6 Å². The number of aliphatic hydroxyl groups is 1. The maximum absolute atomic E-state index is 12.1. The summed E-state index contributed by atoms with van der Waals surface area (Å²) in [6.07, 6.45) is 2.96. The molecule has 0 bridgehead atoms. The van der Waals surface area contributed by atoms with E-state index in [0.29, 0.717) is 13.2 Å². The Bertz CT molecular complexity index is 265. The molecule has 0 aromatic carbocycles. The van der Waals surface area contributed by atoms with Gasteiger partial charge in [0.2, 0.25) is 5.91 Å².